The van der Waals surface area contributed by atoms with Crippen LogP contribution in [0.1, 0.15) is 174 Å². The summed E-state index contributed by atoms with van der Waals surface area (Å²) in [6.45, 7) is 2.30. The molecule has 2 N–H and O–H groups in total. The van der Waals surface area contributed by atoms with Gasteiger partial charge in [-0.15, -0.1) is 0 Å². The molecular formula is C29H59N. The lowest BCUT2D eigenvalue weighted by atomic mass is 10.0. The van der Waals surface area contributed by atoms with Gasteiger partial charge in [0.1, 0.15) is 0 Å². The maximum Gasteiger partial charge on any atom is -0.0103 e. The van der Waals surface area contributed by atoms with Gasteiger partial charge in [-0.25, -0.2) is 0 Å². The molecule has 0 aliphatic heterocycles. The third-order valence-electron chi connectivity index (χ3n) is 6.61. The van der Waals surface area contributed by atoms with E-state index in [1.54, 1.807) is 6.20 Å². The highest BCUT2D eigenvalue weighted by atomic mass is 14.5. The zero-order valence-corrected chi connectivity index (χ0v) is 21.1. The standard InChI is InChI=1S/C29H59N/c1-2-3-4-5-6-7-8-9-10-11-12-13-14-15-16-17-18-19-20-21-22-23-24-25-26-27-28-29-30/h28-29H,2-27,30H2,1H3. The van der Waals surface area contributed by atoms with E-state index in [0.29, 0.717) is 0 Å². The third kappa shape index (κ3) is 27.5. The van der Waals surface area contributed by atoms with Crippen molar-refractivity contribution in [3.05, 3.63) is 12.3 Å². The molecule has 1 nitrogen and oxygen atoms in total. The van der Waals surface area contributed by atoms with Gasteiger partial charge in [0.2, 0.25) is 0 Å². The summed E-state index contributed by atoms with van der Waals surface area (Å²) < 4.78 is 0. The Labute approximate surface area is 192 Å². The van der Waals surface area contributed by atoms with Gasteiger partial charge in [0, 0.05) is 0 Å². The molecule has 0 amide bonds. The van der Waals surface area contributed by atoms with Crippen LogP contribution >= 0.6 is 0 Å². The summed E-state index contributed by atoms with van der Waals surface area (Å²) in [5.74, 6) is 0. The normalized spacial score (nSPS) is 11.6. The van der Waals surface area contributed by atoms with Crippen molar-refractivity contribution < 1.29 is 0 Å². The van der Waals surface area contributed by atoms with E-state index >= 15 is 0 Å². The number of allylic oxidation sites excluding steroid dienone is 1. The lowest BCUT2D eigenvalue weighted by Gasteiger charge is -2.04. The molecule has 0 aliphatic rings. The molecule has 0 heterocycles. The topological polar surface area (TPSA) is 26.0 Å². The van der Waals surface area contributed by atoms with E-state index in [0.717, 1.165) is 6.42 Å². The first-order valence-corrected chi connectivity index (χ1v) is 14.3. The monoisotopic (exact) mass is 421 g/mol. The Hall–Kier alpha value is -0.460. The van der Waals surface area contributed by atoms with Gasteiger partial charge in [-0.1, -0.05) is 167 Å². The first kappa shape index (κ1) is 29.5. The summed E-state index contributed by atoms with van der Waals surface area (Å²) >= 11 is 0. The molecule has 0 fully saturated rings. The van der Waals surface area contributed by atoms with Crippen LogP contribution in [0.25, 0.3) is 0 Å². The van der Waals surface area contributed by atoms with E-state index in [9.17, 15) is 0 Å². The Bertz CT molecular complexity index is 309. The minimum Gasteiger partial charge on any atom is -0.405 e. The Balaban J connectivity index is 2.99. The van der Waals surface area contributed by atoms with Crippen LogP contribution in [0.5, 0.6) is 0 Å². The fourth-order valence-electron chi connectivity index (χ4n) is 4.50. The van der Waals surface area contributed by atoms with Crippen molar-refractivity contribution in [3.8, 4) is 0 Å². The average molecular weight is 422 g/mol. The zero-order chi connectivity index (χ0) is 21.8. The second-order valence-electron chi connectivity index (χ2n) is 9.70. The molecule has 0 aromatic carbocycles. The lowest BCUT2D eigenvalue weighted by molar-refractivity contribution is 0.516. The summed E-state index contributed by atoms with van der Waals surface area (Å²) in [6, 6.07) is 0. The van der Waals surface area contributed by atoms with Crippen molar-refractivity contribution in [1.29, 1.82) is 0 Å². The second kappa shape index (κ2) is 28.5. The third-order valence-corrected chi connectivity index (χ3v) is 6.61. The molecule has 0 unspecified atom stereocenters. The van der Waals surface area contributed by atoms with Gasteiger partial charge < -0.3 is 5.73 Å². The highest BCUT2D eigenvalue weighted by Crippen LogP contribution is 2.15. The van der Waals surface area contributed by atoms with Gasteiger partial charge in [0.25, 0.3) is 0 Å². The molecular weight excluding hydrogens is 362 g/mol. The zero-order valence-electron chi connectivity index (χ0n) is 21.1. The number of hydrogen-bond donors (Lipinski definition) is 1. The lowest BCUT2D eigenvalue weighted by Crippen LogP contribution is -1.84. The van der Waals surface area contributed by atoms with E-state index in [2.05, 4.69) is 13.0 Å². The predicted octanol–water partition coefficient (Wildman–Crippen LogP) is 10.6. The van der Waals surface area contributed by atoms with Crippen LogP contribution in [0.4, 0.5) is 0 Å². The van der Waals surface area contributed by atoms with E-state index in [-0.39, 0.29) is 0 Å². The van der Waals surface area contributed by atoms with Crippen LogP contribution in [0.3, 0.4) is 0 Å². The van der Waals surface area contributed by atoms with E-state index < -0.39 is 0 Å². The summed E-state index contributed by atoms with van der Waals surface area (Å²) in [4.78, 5) is 0. The van der Waals surface area contributed by atoms with Crippen LogP contribution < -0.4 is 5.73 Å². The summed E-state index contributed by atoms with van der Waals surface area (Å²) in [5, 5.41) is 0. The van der Waals surface area contributed by atoms with Crippen molar-refractivity contribution in [2.45, 2.75) is 174 Å². The van der Waals surface area contributed by atoms with Crippen molar-refractivity contribution in [2.75, 3.05) is 0 Å². The Morgan fingerprint density at radius 3 is 0.833 bits per heavy atom. The van der Waals surface area contributed by atoms with Crippen molar-refractivity contribution in [3.63, 3.8) is 0 Å². The molecule has 0 aliphatic carbocycles. The number of hydrogen-bond acceptors (Lipinski definition) is 1. The van der Waals surface area contributed by atoms with Gasteiger partial charge in [-0.2, -0.15) is 0 Å². The van der Waals surface area contributed by atoms with Crippen LogP contribution in [0.15, 0.2) is 12.3 Å². The fourth-order valence-corrected chi connectivity index (χ4v) is 4.50. The average Bonchev–Trinajstić information content (AvgIpc) is 2.76. The molecule has 0 atom stereocenters. The Morgan fingerprint density at radius 1 is 0.367 bits per heavy atom. The summed E-state index contributed by atoms with van der Waals surface area (Å²) in [6.07, 6.45) is 41.3. The minimum absolute atomic E-state index is 1.16. The van der Waals surface area contributed by atoms with Gasteiger partial charge >= 0.3 is 0 Å². The van der Waals surface area contributed by atoms with Crippen LogP contribution in [0, 0.1) is 0 Å². The highest BCUT2D eigenvalue weighted by Gasteiger charge is 1.96. The molecule has 1 heteroatoms. The first-order valence-electron chi connectivity index (χ1n) is 14.3. The molecule has 0 saturated heterocycles. The highest BCUT2D eigenvalue weighted by molar-refractivity contribution is 4.74. The Kier molecular flexibility index (Phi) is 28.1. The van der Waals surface area contributed by atoms with Crippen molar-refractivity contribution in [1.82, 2.24) is 0 Å². The number of rotatable bonds is 26. The maximum absolute atomic E-state index is 5.35. The summed E-state index contributed by atoms with van der Waals surface area (Å²) in [5.41, 5.74) is 5.35. The van der Waals surface area contributed by atoms with E-state index in [1.807, 2.05) is 0 Å². The van der Waals surface area contributed by atoms with Gasteiger partial charge in [-0.3, -0.25) is 0 Å². The molecule has 0 radical (unpaired) electrons. The maximum atomic E-state index is 5.35. The van der Waals surface area contributed by atoms with Gasteiger partial charge in [-0.05, 0) is 19.0 Å². The minimum atomic E-state index is 1.16. The second-order valence-corrected chi connectivity index (χ2v) is 9.70. The van der Waals surface area contributed by atoms with E-state index in [4.69, 9.17) is 5.73 Å². The smallest absolute Gasteiger partial charge is 0.0103 e. The van der Waals surface area contributed by atoms with Crippen LogP contribution in [-0.4, -0.2) is 0 Å². The molecule has 0 rings (SSSR count). The van der Waals surface area contributed by atoms with Gasteiger partial charge in [0.05, 0.1) is 0 Å². The van der Waals surface area contributed by atoms with E-state index in [1.165, 1.54) is 161 Å². The Morgan fingerprint density at radius 2 is 0.600 bits per heavy atom. The van der Waals surface area contributed by atoms with Crippen molar-refractivity contribution >= 4 is 0 Å². The fraction of sp³-hybridized carbons (Fsp3) is 0.931. The van der Waals surface area contributed by atoms with Crippen molar-refractivity contribution in [2.24, 2.45) is 5.73 Å². The van der Waals surface area contributed by atoms with Gasteiger partial charge in [0.15, 0.2) is 0 Å². The molecule has 0 aromatic heterocycles. The molecule has 0 spiro atoms. The molecule has 0 aromatic rings. The molecule has 0 bridgehead atoms. The quantitative estimate of drug-likeness (QED) is 0.138. The SMILES string of the molecule is CCCCCCCCCCCCCCCCCCCCCCCCCCCC=CN. The molecule has 30 heavy (non-hydrogen) atoms. The molecule has 0 saturated carbocycles. The molecule has 180 valence electrons. The first-order chi connectivity index (χ1) is 14.9. The number of nitrogens with two attached hydrogens (primary N) is 1. The van der Waals surface area contributed by atoms with Crippen LogP contribution in [0.2, 0.25) is 0 Å². The largest absolute Gasteiger partial charge is 0.405 e. The predicted molar refractivity (Wildman–Crippen MR) is 139 cm³/mol. The van der Waals surface area contributed by atoms with Crippen LogP contribution in [-0.2, 0) is 0 Å². The number of unbranched alkanes of at least 4 members (excludes halogenated alkanes) is 25. The summed E-state index contributed by atoms with van der Waals surface area (Å²) in [7, 11) is 0.